The van der Waals surface area contributed by atoms with Crippen LogP contribution in [0.25, 0.3) is 0 Å². The summed E-state index contributed by atoms with van der Waals surface area (Å²) in [5, 5.41) is 11.9. The lowest BCUT2D eigenvalue weighted by atomic mass is 10.1. The summed E-state index contributed by atoms with van der Waals surface area (Å²) in [6.45, 7) is 6.05. The normalized spacial score (nSPS) is 14.0. The van der Waals surface area contributed by atoms with Gasteiger partial charge >= 0.3 is 0 Å². The number of rotatable bonds is 3. The molecule has 1 atom stereocenters. The Kier molecular flexibility index (Phi) is 3.63. The summed E-state index contributed by atoms with van der Waals surface area (Å²) in [6.07, 6.45) is -0.476. The van der Waals surface area contributed by atoms with Crippen LogP contribution in [0.4, 0.5) is 0 Å². The number of hydrogen-bond donors (Lipinski definition) is 2. The van der Waals surface area contributed by atoms with E-state index in [1.165, 1.54) is 0 Å². The molecule has 2 N–H and O–H groups in total. The van der Waals surface area contributed by atoms with E-state index in [0.717, 1.165) is 5.56 Å². The highest BCUT2D eigenvalue weighted by atomic mass is 17.1. The van der Waals surface area contributed by atoms with Gasteiger partial charge in [0.1, 0.15) is 0 Å². The first kappa shape index (κ1) is 11.2. The Bertz CT molecular complexity index is 266. The minimum Gasteiger partial charge on any atom is -0.281 e. The van der Waals surface area contributed by atoms with Crippen LogP contribution in [0.15, 0.2) is 30.3 Å². The van der Waals surface area contributed by atoms with Crippen molar-refractivity contribution in [1.29, 1.82) is 0 Å². The van der Waals surface area contributed by atoms with Gasteiger partial charge in [-0.25, -0.2) is 10.1 Å². The number of hydrogen-bond acceptors (Lipinski definition) is 3. The molecule has 0 saturated carbocycles. The molecule has 0 aliphatic rings. The van der Waals surface area contributed by atoms with Crippen molar-refractivity contribution in [3.63, 3.8) is 0 Å². The zero-order chi connectivity index (χ0) is 10.6. The van der Waals surface area contributed by atoms with E-state index >= 15 is 0 Å². The second kappa shape index (κ2) is 4.55. The topological polar surface area (TPSA) is 41.5 Å². The summed E-state index contributed by atoms with van der Waals surface area (Å²) in [5.74, 6) is 0. The average molecular weight is 195 g/mol. The van der Waals surface area contributed by atoms with Crippen molar-refractivity contribution in [1.82, 2.24) is 5.32 Å². The van der Waals surface area contributed by atoms with E-state index in [4.69, 9.17) is 5.26 Å². The number of nitrogens with one attached hydrogen (secondary N) is 1. The molecule has 0 radical (unpaired) electrons. The third-order valence-electron chi connectivity index (χ3n) is 1.77. The Labute approximate surface area is 84.6 Å². The van der Waals surface area contributed by atoms with Gasteiger partial charge in [0, 0.05) is 5.54 Å². The molecule has 0 spiro atoms. The Balaban J connectivity index is 2.73. The average Bonchev–Trinajstić information content (AvgIpc) is 2.14. The molecule has 1 aromatic carbocycles. The van der Waals surface area contributed by atoms with Crippen molar-refractivity contribution < 1.29 is 10.1 Å². The van der Waals surface area contributed by atoms with Gasteiger partial charge in [0.05, 0.1) is 0 Å². The third-order valence-corrected chi connectivity index (χ3v) is 1.77. The van der Waals surface area contributed by atoms with E-state index in [2.05, 4.69) is 10.2 Å². The smallest absolute Gasteiger partial charge is 0.169 e. The van der Waals surface area contributed by atoms with Gasteiger partial charge in [-0.2, -0.15) is 0 Å². The first-order valence-electron chi connectivity index (χ1n) is 4.66. The van der Waals surface area contributed by atoms with Gasteiger partial charge in [0.2, 0.25) is 0 Å². The maximum absolute atomic E-state index is 8.78. The van der Waals surface area contributed by atoms with Crippen molar-refractivity contribution in [2.45, 2.75) is 32.5 Å². The number of benzene rings is 1. The molecule has 0 amide bonds. The molecule has 0 heterocycles. The summed E-state index contributed by atoms with van der Waals surface area (Å²) in [5.41, 5.74) is 0.799. The molecule has 1 rings (SSSR count). The zero-order valence-corrected chi connectivity index (χ0v) is 8.82. The Morgan fingerprint density at radius 3 is 2.21 bits per heavy atom. The first-order valence-corrected chi connectivity index (χ1v) is 4.66. The quantitative estimate of drug-likeness (QED) is 0.442. The lowest BCUT2D eigenvalue weighted by molar-refractivity contribution is -0.293. The van der Waals surface area contributed by atoms with Crippen LogP contribution in [0.3, 0.4) is 0 Å². The fraction of sp³-hybridized carbons (Fsp3) is 0.455. The standard InChI is InChI=1S/C11H17NO2/c1-11(2,3)12-10(14-13)9-7-5-4-6-8-9/h4-8,10,12-13H,1-3H3. The molecule has 14 heavy (non-hydrogen) atoms. The van der Waals surface area contributed by atoms with Gasteiger partial charge in [-0.3, -0.25) is 5.32 Å². The van der Waals surface area contributed by atoms with E-state index in [1.807, 2.05) is 51.1 Å². The molecule has 0 aliphatic carbocycles. The second-order valence-corrected chi connectivity index (χ2v) is 4.29. The Morgan fingerprint density at radius 1 is 1.21 bits per heavy atom. The predicted octanol–water partition coefficient (Wildman–Crippen LogP) is 2.56. The molecule has 3 heteroatoms. The van der Waals surface area contributed by atoms with E-state index in [9.17, 15) is 0 Å². The van der Waals surface area contributed by atoms with Crippen molar-refractivity contribution in [2.75, 3.05) is 0 Å². The third kappa shape index (κ3) is 3.46. The molecule has 0 aromatic heterocycles. The summed E-state index contributed by atoms with van der Waals surface area (Å²) in [7, 11) is 0. The Hall–Kier alpha value is -0.900. The van der Waals surface area contributed by atoms with E-state index in [1.54, 1.807) is 0 Å². The van der Waals surface area contributed by atoms with Crippen molar-refractivity contribution >= 4 is 0 Å². The van der Waals surface area contributed by atoms with Crippen LogP contribution in [0, 0.1) is 0 Å². The first-order chi connectivity index (χ1) is 6.53. The molecule has 1 aromatic rings. The maximum atomic E-state index is 8.78. The minimum atomic E-state index is -0.476. The second-order valence-electron chi connectivity index (χ2n) is 4.29. The lowest BCUT2D eigenvalue weighted by Gasteiger charge is -2.26. The molecular formula is C11H17NO2. The summed E-state index contributed by atoms with van der Waals surface area (Å²) >= 11 is 0. The van der Waals surface area contributed by atoms with E-state index < -0.39 is 6.23 Å². The highest BCUT2D eigenvalue weighted by molar-refractivity contribution is 5.17. The van der Waals surface area contributed by atoms with Crippen LogP contribution < -0.4 is 5.32 Å². The van der Waals surface area contributed by atoms with Gasteiger partial charge in [-0.1, -0.05) is 30.3 Å². The molecule has 1 unspecified atom stereocenters. The van der Waals surface area contributed by atoms with Crippen molar-refractivity contribution in [2.24, 2.45) is 0 Å². The maximum Gasteiger partial charge on any atom is 0.169 e. The molecule has 0 bridgehead atoms. The van der Waals surface area contributed by atoms with Crippen LogP contribution in [0.2, 0.25) is 0 Å². The highest BCUT2D eigenvalue weighted by Crippen LogP contribution is 2.16. The fourth-order valence-corrected chi connectivity index (χ4v) is 1.19. The van der Waals surface area contributed by atoms with Gasteiger partial charge in [-0.15, -0.1) is 0 Å². The fourth-order valence-electron chi connectivity index (χ4n) is 1.19. The van der Waals surface area contributed by atoms with Gasteiger partial charge in [-0.05, 0) is 26.3 Å². The van der Waals surface area contributed by atoms with Crippen LogP contribution in [-0.2, 0) is 4.89 Å². The van der Waals surface area contributed by atoms with Gasteiger partial charge < -0.3 is 0 Å². The SMILES string of the molecule is CC(C)(C)NC(OO)c1ccccc1. The molecule has 78 valence electrons. The molecule has 3 nitrogen and oxygen atoms in total. The summed E-state index contributed by atoms with van der Waals surface area (Å²) in [6, 6.07) is 9.55. The van der Waals surface area contributed by atoms with Crippen LogP contribution >= 0.6 is 0 Å². The molecule has 0 fully saturated rings. The van der Waals surface area contributed by atoms with E-state index in [-0.39, 0.29) is 5.54 Å². The molecular weight excluding hydrogens is 178 g/mol. The van der Waals surface area contributed by atoms with Crippen molar-refractivity contribution in [3.8, 4) is 0 Å². The summed E-state index contributed by atoms with van der Waals surface area (Å²) in [4.78, 5) is 4.40. The molecule has 0 aliphatic heterocycles. The van der Waals surface area contributed by atoms with Gasteiger partial charge in [0.15, 0.2) is 6.23 Å². The zero-order valence-electron chi connectivity index (χ0n) is 8.82. The minimum absolute atomic E-state index is 0.108. The van der Waals surface area contributed by atoms with Crippen molar-refractivity contribution in [3.05, 3.63) is 35.9 Å². The van der Waals surface area contributed by atoms with Gasteiger partial charge in [0.25, 0.3) is 0 Å². The lowest BCUT2D eigenvalue weighted by Crippen LogP contribution is -2.39. The molecule has 0 saturated heterocycles. The highest BCUT2D eigenvalue weighted by Gasteiger charge is 2.18. The monoisotopic (exact) mass is 195 g/mol. The van der Waals surface area contributed by atoms with E-state index in [0.29, 0.717) is 0 Å². The summed E-state index contributed by atoms with van der Waals surface area (Å²) < 4.78 is 0. The van der Waals surface area contributed by atoms with Crippen LogP contribution in [0.5, 0.6) is 0 Å². The van der Waals surface area contributed by atoms with Crippen LogP contribution in [0.1, 0.15) is 32.6 Å². The predicted molar refractivity (Wildman–Crippen MR) is 55.8 cm³/mol. The Morgan fingerprint density at radius 2 is 1.79 bits per heavy atom. The van der Waals surface area contributed by atoms with Crippen LogP contribution in [-0.4, -0.2) is 10.8 Å². The largest absolute Gasteiger partial charge is 0.281 e.